The van der Waals surface area contributed by atoms with Crippen molar-refractivity contribution in [2.75, 3.05) is 32.1 Å². The Labute approximate surface area is 163 Å². The van der Waals surface area contributed by atoms with Gasteiger partial charge in [0.2, 0.25) is 5.95 Å². The molecule has 8 nitrogen and oxygen atoms in total. The van der Waals surface area contributed by atoms with E-state index in [0.717, 1.165) is 43.9 Å². The highest BCUT2D eigenvalue weighted by molar-refractivity contribution is 5.93. The minimum atomic E-state index is -0.0762. The molecule has 1 spiro atoms. The van der Waals surface area contributed by atoms with Crippen LogP contribution in [0.25, 0.3) is 5.65 Å². The lowest BCUT2D eigenvalue weighted by Gasteiger charge is -2.40. The van der Waals surface area contributed by atoms with Gasteiger partial charge in [0.25, 0.3) is 5.91 Å². The molecule has 144 valence electrons. The summed E-state index contributed by atoms with van der Waals surface area (Å²) in [5.41, 5.74) is 3.52. The number of piperidine rings is 1. The Morgan fingerprint density at radius 3 is 2.96 bits per heavy atom. The molecule has 0 bridgehead atoms. The number of likely N-dealkylation sites (tertiary alicyclic amines) is 1. The maximum atomic E-state index is 13.3. The van der Waals surface area contributed by atoms with E-state index in [2.05, 4.69) is 15.1 Å². The van der Waals surface area contributed by atoms with Crippen LogP contribution in [0.15, 0.2) is 30.7 Å². The number of anilines is 1. The molecule has 1 aliphatic carbocycles. The summed E-state index contributed by atoms with van der Waals surface area (Å²) < 4.78 is 1.62. The lowest BCUT2D eigenvalue weighted by Crippen LogP contribution is -2.48. The van der Waals surface area contributed by atoms with Gasteiger partial charge in [-0.25, -0.2) is 19.5 Å². The third-order valence-corrected chi connectivity index (χ3v) is 6.01. The summed E-state index contributed by atoms with van der Waals surface area (Å²) in [6.45, 7) is 1.44. The van der Waals surface area contributed by atoms with E-state index in [4.69, 9.17) is 4.98 Å². The maximum absolute atomic E-state index is 13.3. The molecule has 0 N–H and O–H groups in total. The second kappa shape index (κ2) is 6.25. The zero-order valence-electron chi connectivity index (χ0n) is 16.2. The molecule has 1 aliphatic heterocycles. The maximum Gasteiger partial charge on any atom is 0.272 e. The molecular weight excluding hydrogens is 354 g/mol. The molecule has 1 fully saturated rings. The molecule has 28 heavy (non-hydrogen) atoms. The quantitative estimate of drug-likeness (QED) is 0.676. The minimum absolute atomic E-state index is 0.00511. The number of carbonyl (C=O) groups is 1. The molecule has 1 unspecified atom stereocenters. The summed E-state index contributed by atoms with van der Waals surface area (Å²) in [7, 11) is 3.91. The SMILES string of the molecule is CN(C)c1ncc2c(n1)C1(CCCN(C(=O)c3cccc4ncnn34)C1)CC2. The van der Waals surface area contributed by atoms with Crippen LogP contribution in [0.2, 0.25) is 0 Å². The van der Waals surface area contributed by atoms with E-state index >= 15 is 0 Å². The fraction of sp³-hybridized carbons (Fsp3) is 0.450. The largest absolute Gasteiger partial charge is 0.347 e. The molecule has 5 rings (SSSR count). The average Bonchev–Trinajstić information content (AvgIpc) is 3.32. The second-order valence-electron chi connectivity index (χ2n) is 7.99. The van der Waals surface area contributed by atoms with Gasteiger partial charge in [0, 0.05) is 38.8 Å². The van der Waals surface area contributed by atoms with Gasteiger partial charge < -0.3 is 9.80 Å². The van der Waals surface area contributed by atoms with Crippen LogP contribution in [0.1, 0.15) is 41.0 Å². The van der Waals surface area contributed by atoms with Crippen LogP contribution in [0.4, 0.5) is 5.95 Å². The molecular formula is C20H23N7O. The van der Waals surface area contributed by atoms with Gasteiger partial charge in [0.15, 0.2) is 5.65 Å². The van der Waals surface area contributed by atoms with Gasteiger partial charge in [0.05, 0.1) is 5.69 Å². The van der Waals surface area contributed by atoms with Crippen LogP contribution in [-0.2, 0) is 11.8 Å². The van der Waals surface area contributed by atoms with Crippen LogP contribution < -0.4 is 4.90 Å². The summed E-state index contributed by atoms with van der Waals surface area (Å²) >= 11 is 0. The number of nitrogens with zero attached hydrogens (tertiary/aromatic N) is 7. The summed E-state index contributed by atoms with van der Waals surface area (Å²) in [6, 6.07) is 5.53. The van der Waals surface area contributed by atoms with E-state index in [0.29, 0.717) is 17.9 Å². The van der Waals surface area contributed by atoms with Gasteiger partial charge in [-0.3, -0.25) is 4.79 Å². The molecule has 1 amide bonds. The number of amides is 1. The fourth-order valence-corrected chi connectivity index (χ4v) is 4.62. The number of aryl methyl sites for hydroxylation is 1. The first kappa shape index (κ1) is 17.1. The summed E-state index contributed by atoms with van der Waals surface area (Å²) in [6.07, 6.45) is 7.47. The Hall–Kier alpha value is -3.03. The van der Waals surface area contributed by atoms with Gasteiger partial charge in [-0.05, 0) is 43.4 Å². The molecule has 0 aromatic carbocycles. The van der Waals surface area contributed by atoms with Crippen molar-refractivity contribution in [3.05, 3.63) is 47.7 Å². The monoisotopic (exact) mass is 377 g/mol. The predicted octanol–water partition coefficient (Wildman–Crippen LogP) is 1.71. The van der Waals surface area contributed by atoms with Gasteiger partial charge in [-0.15, -0.1) is 0 Å². The van der Waals surface area contributed by atoms with Crippen LogP contribution in [-0.4, -0.2) is 62.6 Å². The molecule has 3 aromatic rings. The van der Waals surface area contributed by atoms with Crippen LogP contribution in [0.5, 0.6) is 0 Å². The minimum Gasteiger partial charge on any atom is -0.347 e. The lowest BCUT2D eigenvalue weighted by atomic mass is 9.77. The van der Waals surface area contributed by atoms with E-state index in [1.54, 1.807) is 4.52 Å². The number of pyridine rings is 1. The van der Waals surface area contributed by atoms with Crippen molar-refractivity contribution in [2.45, 2.75) is 31.1 Å². The van der Waals surface area contributed by atoms with Gasteiger partial charge in [-0.1, -0.05) is 6.07 Å². The van der Waals surface area contributed by atoms with E-state index < -0.39 is 0 Å². The first-order valence-corrected chi connectivity index (χ1v) is 9.69. The Morgan fingerprint density at radius 1 is 1.21 bits per heavy atom. The Bertz CT molecular complexity index is 1060. The third kappa shape index (κ3) is 2.55. The van der Waals surface area contributed by atoms with E-state index in [1.165, 1.54) is 11.9 Å². The Morgan fingerprint density at radius 2 is 2.11 bits per heavy atom. The van der Waals surface area contributed by atoms with E-state index in [-0.39, 0.29) is 11.3 Å². The van der Waals surface area contributed by atoms with Crippen molar-refractivity contribution in [1.82, 2.24) is 29.5 Å². The summed E-state index contributed by atoms with van der Waals surface area (Å²) in [4.78, 5) is 30.8. The van der Waals surface area contributed by atoms with E-state index in [1.807, 2.05) is 48.3 Å². The van der Waals surface area contributed by atoms with Crippen molar-refractivity contribution in [2.24, 2.45) is 0 Å². The first-order chi connectivity index (χ1) is 13.6. The highest BCUT2D eigenvalue weighted by Gasteiger charge is 2.45. The third-order valence-electron chi connectivity index (χ3n) is 6.01. The Kier molecular flexibility index (Phi) is 3.82. The zero-order valence-corrected chi connectivity index (χ0v) is 16.2. The first-order valence-electron chi connectivity index (χ1n) is 9.69. The molecule has 2 aliphatic rings. The van der Waals surface area contributed by atoms with Crippen LogP contribution >= 0.6 is 0 Å². The fourth-order valence-electron chi connectivity index (χ4n) is 4.62. The Balaban J connectivity index is 1.49. The summed E-state index contributed by atoms with van der Waals surface area (Å²) in [5, 5.41) is 4.22. The summed E-state index contributed by atoms with van der Waals surface area (Å²) in [5.74, 6) is 0.737. The van der Waals surface area contributed by atoms with Crippen molar-refractivity contribution in [3.8, 4) is 0 Å². The molecule has 0 radical (unpaired) electrons. The highest BCUT2D eigenvalue weighted by atomic mass is 16.2. The molecule has 0 saturated carbocycles. The number of hydrogen-bond donors (Lipinski definition) is 0. The second-order valence-corrected chi connectivity index (χ2v) is 7.99. The van der Waals surface area contributed by atoms with Crippen molar-refractivity contribution in [1.29, 1.82) is 0 Å². The molecule has 4 heterocycles. The van der Waals surface area contributed by atoms with Crippen molar-refractivity contribution in [3.63, 3.8) is 0 Å². The lowest BCUT2D eigenvalue weighted by molar-refractivity contribution is 0.0624. The highest BCUT2D eigenvalue weighted by Crippen LogP contribution is 2.44. The molecule has 1 saturated heterocycles. The normalized spacial score (nSPS) is 21.3. The zero-order chi connectivity index (χ0) is 19.3. The number of fused-ring (bicyclic) bond motifs is 3. The standard InChI is InChI=1S/C20H23N7O/c1-25(2)19-21-11-14-7-9-20(17(14)24-19)8-4-10-26(12-20)18(28)15-5-3-6-16-22-13-23-27(15)16/h3,5-6,11,13H,4,7-10,12H2,1-2H3. The topological polar surface area (TPSA) is 79.5 Å². The van der Waals surface area contributed by atoms with Crippen molar-refractivity contribution < 1.29 is 4.79 Å². The van der Waals surface area contributed by atoms with E-state index in [9.17, 15) is 4.79 Å². The number of rotatable bonds is 2. The van der Waals surface area contributed by atoms with Crippen LogP contribution in [0.3, 0.4) is 0 Å². The van der Waals surface area contributed by atoms with Crippen LogP contribution in [0, 0.1) is 0 Å². The molecule has 3 aromatic heterocycles. The van der Waals surface area contributed by atoms with Gasteiger partial charge in [0.1, 0.15) is 12.0 Å². The predicted molar refractivity (Wildman–Crippen MR) is 104 cm³/mol. The van der Waals surface area contributed by atoms with Crippen molar-refractivity contribution >= 4 is 17.5 Å². The number of carbonyl (C=O) groups excluding carboxylic acids is 1. The molecule has 1 atom stereocenters. The average molecular weight is 377 g/mol. The number of aromatic nitrogens is 5. The molecule has 8 heteroatoms. The van der Waals surface area contributed by atoms with Gasteiger partial charge >= 0.3 is 0 Å². The van der Waals surface area contributed by atoms with Gasteiger partial charge in [-0.2, -0.15) is 5.10 Å². The smallest absolute Gasteiger partial charge is 0.272 e. The number of hydrogen-bond acceptors (Lipinski definition) is 6.